The van der Waals surface area contributed by atoms with Gasteiger partial charge in [0.05, 0.1) is 18.1 Å². The average molecular weight is 475 g/mol. The molecule has 0 radical (unpaired) electrons. The number of aliphatic hydroxyl groups excluding tert-OH is 2. The van der Waals surface area contributed by atoms with Crippen LogP contribution in [0.3, 0.4) is 0 Å². The first-order chi connectivity index (χ1) is 15.8. The second-order valence-electron chi connectivity index (χ2n) is 14.8. The van der Waals surface area contributed by atoms with Gasteiger partial charge in [0, 0.05) is 5.41 Å². The Hall–Kier alpha value is -0.610. The van der Waals surface area contributed by atoms with E-state index in [1.54, 1.807) is 0 Å². The summed E-state index contributed by atoms with van der Waals surface area (Å²) in [5.74, 6) is 2.27. The van der Waals surface area contributed by atoms with Gasteiger partial charge in [-0.3, -0.25) is 4.79 Å². The molecule has 11 atom stereocenters. The van der Waals surface area contributed by atoms with Gasteiger partial charge >= 0.3 is 5.97 Å². The van der Waals surface area contributed by atoms with Gasteiger partial charge in [-0.05, 0) is 116 Å². The third kappa shape index (κ3) is 2.82. The van der Waals surface area contributed by atoms with Gasteiger partial charge in [0.2, 0.25) is 0 Å². The van der Waals surface area contributed by atoms with Gasteiger partial charge in [-0.1, -0.05) is 41.5 Å². The van der Waals surface area contributed by atoms with E-state index >= 15 is 0 Å². The van der Waals surface area contributed by atoms with Crippen LogP contribution in [0.25, 0.3) is 0 Å². The van der Waals surface area contributed by atoms with Gasteiger partial charge < -0.3 is 15.3 Å². The van der Waals surface area contributed by atoms with Gasteiger partial charge in [-0.15, -0.1) is 0 Å². The third-order valence-electron chi connectivity index (χ3n) is 13.9. The molecule has 0 bridgehead atoms. The molecule has 0 saturated heterocycles. The molecule has 1 unspecified atom stereocenters. The van der Waals surface area contributed by atoms with Crippen LogP contribution in [0, 0.1) is 62.6 Å². The normalized spacial score (nSPS) is 56.9. The highest BCUT2D eigenvalue weighted by Crippen LogP contribution is 2.77. The second-order valence-corrected chi connectivity index (χ2v) is 14.8. The number of carboxylic acids is 1. The van der Waals surface area contributed by atoms with Crippen LogP contribution < -0.4 is 0 Å². The highest BCUT2D eigenvalue weighted by atomic mass is 16.4. The van der Waals surface area contributed by atoms with Crippen molar-refractivity contribution in [2.45, 2.75) is 112 Å². The fourth-order valence-electron chi connectivity index (χ4n) is 11.8. The van der Waals surface area contributed by atoms with E-state index in [-0.39, 0.29) is 22.9 Å². The van der Waals surface area contributed by atoms with Crippen LogP contribution in [0.2, 0.25) is 0 Å². The van der Waals surface area contributed by atoms with Gasteiger partial charge in [0.15, 0.2) is 0 Å². The van der Waals surface area contributed by atoms with Crippen LogP contribution >= 0.6 is 0 Å². The van der Waals surface area contributed by atoms with Crippen molar-refractivity contribution in [3.8, 4) is 0 Å². The zero-order chi connectivity index (χ0) is 24.9. The molecule has 0 aromatic heterocycles. The molecule has 0 aromatic rings. The Balaban J connectivity index is 1.56. The van der Waals surface area contributed by atoms with E-state index in [1.807, 2.05) is 0 Å². The van der Waals surface area contributed by atoms with Gasteiger partial charge in [-0.2, -0.15) is 0 Å². The van der Waals surface area contributed by atoms with Crippen molar-refractivity contribution in [1.29, 1.82) is 0 Å². The van der Waals surface area contributed by atoms with Gasteiger partial charge in [0.1, 0.15) is 0 Å². The summed E-state index contributed by atoms with van der Waals surface area (Å²) in [5.41, 5.74) is -0.434. The molecule has 5 saturated carbocycles. The summed E-state index contributed by atoms with van der Waals surface area (Å²) in [6.45, 7) is 14.4. The molecule has 0 heterocycles. The van der Waals surface area contributed by atoms with Crippen LogP contribution in [0.5, 0.6) is 0 Å². The lowest BCUT2D eigenvalue weighted by atomic mass is 9.32. The largest absolute Gasteiger partial charge is 0.481 e. The monoisotopic (exact) mass is 474 g/mol. The molecule has 5 aliphatic carbocycles. The Morgan fingerprint density at radius 2 is 1.56 bits per heavy atom. The van der Waals surface area contributed by atoms with E-state index in [9.17, 15) is 20.1 Å². The summed E-state index contributed by atoms with van der Waals surface area (Å²) in [6.07, 6.45) is 9.81. The molecule has 0 spiro atoms. The number of fused-ring (bicyclic) bond motifs is 7. The minimum absolute atomic E-state index is 0.0665. The molecule has 0 aromatic carbocycles. The zero-order valence-electron chi connectivity index (χ0n) is 22.6. The van der Waals surface area contributed by atoms with E-state index < -0.39 is 22.9 Å². The summed E-state index contributed by atoms with van der Waals surface area (Å²) >= 11 is 0. The average Bonchev–Trinajstić information content (AvgIpc) is 3.18. The quantitative estimate of drug-likeness (QED) is 0.459. The van der Waals surface area contributed by atoms with Crippen molar-refractivity contribution < 1.29 is 20.1 Å². The van der Waals surface area contributed by atoms with E-state index in [0.29, 0.717) is 35.5 Å². The number of carboxylic acid groups (broad SMARTS) is 1. The molecule has 4 heteroatoms. The van der Waals surface area contributed by atoms with Crippen LogP contribution in [-0.4, -0.2) is 34.0 Å². The lowest BCUT2D eigenvalue weighted by Gasteiger charge is -2.72. The molecule has 194 valence electrons. The standard InChI is InChI=1S/C30H50O4/c1-18(2)19-9-14-30(25(33)34)16-15-28(5)20(24(19)30)7-8-22-26(3)12-11-23(32)27(4,17-31)21(26)10-13-29(22,28)6/h18-24,31-32H,7-17H2,1-6H3,(H,33,34)/t19-,20+,21+,22+,23?,24+,26-,27-,28+,29+,30-/m0/s1. The third-order valence-corrected chi connectivity index (χ3v) is 13.9. The fraction of sp³-hybridized carbons (Fsp3) is 0.967. The zero-order valence-corrected chi connectivity index (χ0v) is 22.6. The number of carbonyl (C=O) groups is 1. The van der Waals surface area contributed by atoms with Crippen molar-refractivity contribution in [2.24, 2.45) is 62.6 Å². The van der Waals surface area contributed by atoms with Gasteiger partial charge in [-0.25, -0.2) is 0 Å². The van der Waals surface area contributed by atoms with Crippen molar-refractivity contribution in [1.82, 2.24) is 0 Å². The highest BCUT2D eigenvalue weighted by molar-refractivity contribution is 5.76. The first-order valence-corrected chi connectivity index (χ1v) is 14.3. The van der Waals surface area contributed by atoms with E-state index in [2.05, 4.69) is 41.5 Å². The maximum atomic E-state index is 12.8. The minimum Gasteiger partial charge on any atom is -0.481 e. The Morgan fingerprint density at radius 1 is 0.853 bits per heavy atom. The maximum absolute atomic E-state index is 12.8. The summed E-state index contributed by atoms with van der Waals surface area (Å²) in [4.78, 5) is 12.8. The van der Waals surface area contributed by atoms with Crippen molar-refractivity contribution >= 4 is 5.97 Å². The summed E-state index contributed by atoms with van der Waals surface area (Å²) in [5, 5.41) is 31.9. The fourth-order valence-corrected chi connectivity index (χ4v) is 11.8. The molecule has 0 aliphatic heterocycles. The number of hydrogen-bond donors (Lipinski definition) is 3. The SMILES string of the molecule is CC(C)[C@@H]1CC[C@]2(C(=O)O)CC[C@]3(C)[C@H](CC[C@@H]4[C@@]5(C)CCC(O)[C@@](C)(CO)[C@@H]5CC[C@]43C)[C@@H]12. The molecule has 34 heavy (non-hydrogen) atoms. The Bertz CT molecular complexity index is 840. The molecular formula is C30H50O4. The molecular weight excluding hydrogens is 424 g/mol. The number of hydrogen-bond acceptors (Lipinski definition) is 3. The number of rotatable bonds is 3. The van der Waals surface area contributed by atoms with Gasteiger partial charge in [0.25, 0.3) is 0 Å². The number of aliphatic carboxylic acids is 1. The van der Waals surface area contributed by atoms with E-state index in [0.717, 1.165) is 57.8 Å². The van der Waals surface area contributed by atoms with Crippen LogP contribution in [-0.2, 0) is 4.79 Å². The van der Waals surface area contributed by atoms with E-state index in [4.69, 9.17) is 0 Å². The molecule has 0 amide bonds. The first kappa shape index (κ1) is 25.1. The second kappa shape index (κ2) is 7.70. The molecule has 5 aliphatic rings. The highest BCUT2D eigenvalue weighted by Gasteiger charge is 2.72. The molecule has 4 nitrogen and oxygen atoms in total. The molecule has 3 N–H and O–H groups in total. The van der Waals surface area contributed by atoms with E-state index in [1.165, 1.54) is 6.42 Å². The Morgan fingerprint density at radius 3 is 2.18 bits per heavy atom. The van der Waals surface area contributed by atoms with Crippen LogP contribution in [0.4, 0.5) is 0 Å². The first-order valence-electron chi connectivity index (χ1n) is 14.3. The Kier molecular flexibility index (Phi) is 5.67. The summed E-state index contributed by atoms with van der Waals surface area (Å²) < 4.78 is 0. The molecule has 5 rings (SSSR count). The predicted octanol–water partition coefficient (Wildman–Crippen LogP) is 6.14. The smallest absolute Gasteiger partial charge is 0.309 e. The van der Waals surface area contributed by atoms with Crippen molar-refractivity contribution in [3.63, 3.8) is 0 Å². The van der Waals surface area contributed by atoms with Crippen molar-refractivity contribution in [2.75, 3.05) is 6.61 Å². The van der Waals surface area contributed by atoms with Crippen LogP contribution in [0.1, 0.15) is 106 Å². The lowest BCUT2D eigenvalue weighted by molar-refractivity contribution is -0.255. The summed E-state index contributed by atoms with van der Waals surface area (Å²) in [7, 11) is 0. The summed E-state index contributed by atoms with van der Waals surface area (Å²) in [6, 6.07) is 0. The Labute approximate surface area is 207 Å². The predicted molar refractivity (Wildman–Crippen MR) is 134 cm³/mol. The van der Waals surface area contributed by atoms with Crippen molar-refractivity contribution in [3.05, 3.63) is 0 Å². The van der Waals surface area contributed by atoms with Crippen LogP contribution in [0.15, 0.2) is 0 Å². The topological polar surface area (TPSA) is 77.8 Å². The minimum atomic E-state index is -0.523. The number of aliphatic hydroxyl groups is 2. The molecule has 5 fully saturated rings. The lowest BCUT2D eigenvalue weighted by Crippen LogP contribution is -2.67. The maximum Gasteiger partial charge on any atom is 0.309 e.